The van der Waals surface area contributed by atoms with Crippen molar-refractivity contribution in [3.63, 3.8) is 0 Å². The van der Waals surface area contributed by atoms with Crippen LogP contribution < -0.4 is 5.69 Å². The van der Waals surface area contributed by atoms with E-state index < -0.39 is 0 Å². The second-order valence-electron chi connectivity index (χ2n) is 7.87. The SMILES string of the molecule is Cc1cc(C=Nn2cc(O)n(CCCCN3CCN(C)CC3)c2=O)cc(C)c1O. The first-order valence-electron chi connectivity index (χ1n) is 10.1. The van der Waals surface area contributed by atoms with E-state index in [1.54, 1.807) is 18.3 Å². The Morgan fingerprint density at radius 3 is 2.31 bits per heavy atom. The fraction of sp³-hybridized carbons (Fsp3) is 0.524. The van der Waals surface area contributed by atoms with Crippen LogP contribution in [0, 0.1) is 13.8 Å². The molecule has 1 aromatic carbocycles. The topological polar surface area (TPSA) is 86.2 Å². The van der Waals surface area contributed by atoms with Crippen molar-refractivity contribution in [3.05, 3.63) is 45.5 Å². The first-order valence-corrected chi connectivity index (χ1v) is 10.1. The molecule has 0 amide bonds. The maximum atomic E-state index is 12.5. The van der Waals surface area contributed by atoms with Crippen molar-refractivity contribution < 1.29 is 10.2 Å². The highest BCUT2D eigenvalue weighted by Crippen LogP contribution is 2.22. The van der Waals surface area contributed by atoms with Gasteiger partial charge in [-0.1, -0.05) is 0 Å². The monoisotopic (exact) mass is 401 g/mol. The van der Waals surface area contributed by atoms with Crippen LogP contribution in [0.4, 0.5) is 0 Å². The van der Waals surface area contributed by atoms with Gasteiger partial charge in [-0.05, 0) is 69.1 Å². The van der Waals surface area contributed by atoms with Crippen LogP contribution in [0.3, 0.4) is 0 Å². The van der Waals surface area contributed by atoms with Crippen LogP contribution in [0.25, 0.3) is 0 Å². The van der Waals surface area contributed by atoms with Gasteiger partial charge in [-0.25, -0.2) is 4.79 Å². The first kappa shape index (κ1) is 21.1. The Bertz CT molecular complexity index is 900. The molecular weight excluding hydrogens is 370 g/mol. The van der Waals surface area contributed by atoms with E-state index in [9.17, 15) is 15.0 Å². The van der Waals surface area contributed by atoms with Gasteiger partial charge in [0, 0.05) is 32.7 Å². The quantitative estimate of drug-likeness (QED) is 0.544. The molecular formula is C21H31N5O3. The zero-order chi connectivity index (χ0) is 21.0. The van der Waals surface area contributed by atoms with Gasteiger partial charge in [-0.3, -0.25) is 4.57 Å². The lowest BCUT2D eigenvalue weighted by atomic mass is 10.1. The number of unbranched alkanes of at least 4 members (excludes halogenated alkanes) is 1. The van der Waals surface area contributed by atoms with Crippen LogP contribution in [0.2, 0.25) is 0 Å². The lowest BCUT2D eigenvalue weighted by Crippen LogP contribution is -2.44. The summed E-state index contributed by atoms with van der Waals surface area (Å²) < 4.78 is 2.50. The van der Waals surface area contributed by atoms with E-state index in [0.29, 0.717) is 6.54 Å². The Kier molecular flexibility index (Phi) is 6.76. The molecule has 29 heavy (non-hydrogen) atoms. The summed E-state index contributed by atoms with van der Waals surface area (Å²) in [7, 11) is 2.14. The number of likely N-dealkylation sites (N-methyl/N-ethyl adjacent to an activating group) is 1. The predicted molar refractivity (Wildman–Crippen MR) is 114 cm³/mol. The largest absolute Gasteiger partial charge is 0.507 e. The minimum atomic E-state index is -0.356. The van der Waals surface area contributed by atoms with E-state index in [2.05, 4.69) is 21.9 Å². The molecule has 8 nitrogen and oxygen atoms in total. The zero-order valence-corrected chi connectivity index (χ0v) is 17.5. The van der Waals surface area contributed by atoms with Crippen molar-refractivity contribution in [2.75, 3.05) is 39.8 Å². The minimum absolute atomic E-state index is 0.0789. The summed E-state index contributed by atoms with van der Waals surface area (Å²) in [4.78, 5) is 17.3. The van der Waals surface area contributed by atoms with Crippen LogP contribution in [0.15, 0.2) is 28.2 Å². The Hall–Kier alpha value is -2.58. The van der Waals surface area contributed by atoms with E-state index in [1.165, 1.54) is 10.8 Å². The third-order valence-electron chi connectivity index (χ3n) is 5.49. The molecule has 1 aromatic heterocycles. The average molecular weight is 402 g/mol. The van der Waals surface area contributed by atoms with Crippen LogP contribution in [-0.2, 0) is 6.54 Å². The summed E-state index contributed by atoms with van der Waals surface area (Å²) >= 11 is 0. The third kappa shape index (κ3) is 5.27. The maximum absolute atomic E-state index is 12.5. The molecule has 1 aliphatic rings. The highest BCUT2D eigenvalue weighted by molar-refractivity contribution is 5.80. The molecule has 2 aromatic rings. The predicted octanol–water partition coefficient (Wildman–Crippen LogP) is 1.59. The normalized spacial score (nSPS) is 16.1. The summed E-state index contributed by atoms with van der Waals surface area (Å²) in [6, 6.07) is 3.60. The summed E-state index contributed by atoms with van der Waals surface area (Å²) in [5, 5.41) is 24.2. The number of piperazine rings is 1. The Morgan fingerprint density at radius 2 is 1.66 bits per heavy atom. The molecule has 0 spiro atoms. The summed E-state index contributed by atoms with van der Waals surface area (Å²) in [6.07, 6.45) is 4.69. The highest BCUT2D eigenvalue weighted by atomic mass is 16.3. The average Bonchev–Trinajstić information content (AvgIpc) is 2.96. The van der Waals surface area contributed by atoms with Crippen LogP contribution in [0.1, 0.15) is 29.5 Å². The van der Waals surface area contributed by atoms with Crippen molar-refractivity contribution in [3.8, 4) is 11.6 Å². The van der Waals surface area contributed by atoms with E-state index in [1.807, 2.05) is 13.8 Å². The molecule has 0 unspecified atom stereocenters. The van der Waals surface area contributed by atoms with Gasteiger partial charge in [0.1, 0.15) is 5.75 Å². The van der Waals surface area contributed by atoms with Gasteiger partial charge in [0.05, 0.1) is 12.4 Å². The van der Waals surface area contributed by atoms with E-state index in [-0.39, 0.29) is 17.3 Å². The van der Waals surface area contributed by atoms with Gasteiger partial charge in [-0.2, -0.15) is 9.78 Å². The molecule has 8 heteroatoms. The number of hydrogen-bond donors (Lipinski definition) is 2. The second kappa shape index (κ2) is 9.28. The third-order valence-corrected chi connectivity index (χ3v) is 5.49. The molecule has 1 aliphatic heterocycles. The van der Waals surface area contributed by atoms with Crippen molar-refractivity contribution in [2.24, 2.45) is 5.10 Å². The molecule has 0 radical (unpaired) electrons. The highest BCUT2D eigenvalue weighted by Gasteiger charge is 2.14. The summed E-state index contributed by atoms with van der Waals surface area (Å²) in [5.41, 5.74) is 1.92. The van der Waals surface area contributed by atoms with Crippen molar-refractivity contribution >= 4 is 6.21 Å². The molecule has 0 bridgehead atoms. The van der Waals surface area contributed by atoms with Crippen molar-refractivity contribution in [1.82, 2.24) is 19.0 Å². The number of phenolic OH excluding ortho intramolecular Hbond substituents is 1. The molecule has 0 atom stereocenters. The fourth-order valence-electron chi connectivity index (χ4n) is 3.62. The minimum Gasteiger partial charge on any atom is -0.507 e. The van der Waals surface area contributed by atoms with Crippen molar-refractivity contribution in [1.29, 1.82) is 0 Å². The number of phenols is 1. The molecule has 3 rings (SSSR count). The molecule has 2 N–H and O–H groups in total. The van der Waals surface area contributed by atoms with E-state index in [0.717, 1.165) is 66.9 Å². The molecule has 158 valence electrons. The number of nitrogens with zero attached hydrogens (tertiary/aromatic N) is 5. The van der Waals surface area contributed by atoms with Gasteiger partial charge in [0.15, 0.2) is 0 Å². The number of aromatic nitrogens is 2. The first-order chi connectivity index (χ1) is 13.8. The van der Waals surface area contributed by atoms with Gasteiger partial charge in [0.25, 0.3) is 0 Å². The van der Waals surface area contributed by atoms with Crippen LogP contribution >= 0.6 is 0 Å². The Labute approximate surface area is 171 Å². The van der Waals surface area contributed by atoms with Gasteiger partial charge >= 0.3 is 5.69 Å². The lowest BCUT2D eigenvalue weighted by molar-refractivity contribution is 0.151. The summed E-state index contributed by atoms with van der Waals surface area (Å²) in [6.45, 7) is 9.49. The molecule has 0 aliphatic carbocycles. The van der Waals surface area contributed by atoms with Gasteiger partial charge in [-0.15, -0.1) is 0 Å². The molecule has 1 fully saturated rings. The molecule has 1 saturated heterocycles. The molecule has 0 saturated carbocycles. The Morgan fingerprint density at radius 1 is 1.03 bits per heavy atom. The number of benzene rings is 1. The maximum Gasteiger partial charge on any atom is 0.351 e. The van der Waals surface area contributed by atoms with Gasteiger partial charge < -0.3 is 20.0 Å². The number of imidazole rings is 1. The standard InChI is InChI=1S/C21H31N5O3/c1-16-12-18(13-17(2)20(16)28)14-22-26-15-19(27)25(21(26)29)7-5-4-6-24-10-8-23(3)9-11-24/h12-15,27-28H,4-11H2,1-3H3. The lowest BCUT2D eigenvalue weighted by Gasteiger charge is -2.32. The van der Waals surface area contributed by atoms with Crippen molar-refractivity contribution in [2.45, 2.75) is 33.2 Å². The zero-order valence-electron chi connectivity index (χ0n) is 17.5. The van der Waals surface area contributed by atoms with Crippen LogP contribution in [-0.4, -0.2) is 75.2 Å². The van der Waals surface area contributed by atoms with Crippen LogP contribution in [0.5, 0.6) is 11.6 Å². The number of aryl methyl sites for hydroxylation is 2. The Balaban J connectivity index is 1.58. The van der Waals surface area contributed by atoms with Gasteiger partial charge in [0.2, 0.25) is 5.88 Å². The number of hydrogen-bond acceptors (Lipinski definition) is 6. The summed E-state index contributed by atoms with van der Waals surface area (Å²) in [5.74, 6) is 0.185. The smallest absolute Gasteiger partial charge is 0.351 e. The molecule has 2 heterocycles. The number of rotatable bonds is 7. The fourth-order valence-corrected chi connectivity index (χ4v) is 3.62. The second-order valence-corrected chi connectivity index (χ2v) is 7.87. The number of aromatic hydroxyl groups is 2. The van der Waals surface area contributed by atoms with E-state index >= 15 is 0 Å². The van der Waals surface area contributed by atoms with E-state index in [4.69, 9.17) is 0 Å².